The molecule has 0 bridgehead atoms. The Bertz CT molecular complexity index is 349. The van der Waals surface area contributed by atoms with Crippen LogP contribution in [0.3, 0.4) is 0 Å². The highest BCUT2D eigenvalue weighted by Crippen LogP contribution is 2.20. The zero-order valence-corrected chi connectivity index (χ0v) is 9.82. The van der Waals surface area contributed by atoms with Gasteiger partial charge in [0.15, 0.2) is 0 Å². The number of nitrogens with zero attached hydrogens (tertiary/aromatic N) is 1. The number of hydrogen-bond donors (Lipinski definition) is 1. The van der Waals surface area contributed by atoms with E-state index in [1.807, 2.05) is 30.0 Å². The lowest BCUT2D eigenvalue weighted by Crippen LogP contribution is -2.50. The van der Waals surface area contributed by atoms with E-state index in [0.717, 1.165) is 12.3 Å². The van der Waals surface area contributed by atoms with Gasteiger partial charge < -0.3 is 10.0 Å². The Hall–Kier alpha value is -1.00. The van der Waals surface area contributed by atoms with Crippen molar-refractivity contribution in [3.05, 3.63) is 30.3 Å². The lowest BCUT2D eigenvalue weighted by atomic mass is 10.0. The fourth-order valence-electron chi connectivity index (χ4n) is 1.72. The van der Waals surface area contributed by atoms with E-state index < -0.39 is 5.97 Å². The normalized spacial score (nSPS) is 17.0. The van der Waals surface area contributed by atoms with Crippen molar-refractivity contribution < 1.29 is 9.90 Å². The Balaban J connectivity index is 1.62. The molecule has 0 amide bonds. The summed E-state index contributed by atoms with van der Waals surface area (Å²) in [5.41, 5.74) is 0. The van der Waals surface area contributed by atoms with Gasteiger partial charge in [-0.05, 0) is 12.1 Å². The first kappa shape index (κ1) is 11.5. The van der Waals surface area contributed by atoms with E-state index in [-0.39, 0.29) is 5.92 Å². The monoisotopic (exact) mass is 237 g/mol. The SMILES string of the molecule is O=C(O)C1CN(CCSc2ccccc2)C1. The third-order valence-corrected chi connectivity index (χ3v) is 3.72. The Kier molecular flexibility index (Phi) is 3.85. The molecule has 0 unspecified atom stereocenters. The fourth-order valence-corrected chi connectivity index (χ4v) is 2.65. The number of aliphatic carboxylic acids is 1. The van der Waals surface area contributed by atoms with Crippen LogP contribution in [0.1, 0.15) is 0 Å². The van der Waals surface area contributed by atoms with Gasteiger partial charge in [-0.3, -0.25) is 4.79 Å². The van der Waals surface area contributed by atoms with E-state index in [2.05, 4.69) is 17.0 Å². The van der Waals surface area contributed by atoms with Crippen LogP contribution in [0.5, 0.6) is 0 Å². The van der Waals surface area contributed by atoms with Crippen molar-refractivity contribution in [2.24, 2.45) is 5.92 Å². The minimum atomic E-state index is -0.660. The van der Waals surface area contributed by atoms with Crippen LogP contribution in [0.2, 0.25) is 0 Å². The van der Waals surface area contributed by atoms with Crippen LogP contribution in [0, 0.1) is 5.92 Å². The first-order valence-electron chi connectivity index (χ1n) is 5.39. The molecule has 0 aliphatic carbocycles. The number of rotatable bonds is 5. The molecule has 1 aliphatic heterocycles. The Morgan fingerprint density at radius 3 is 2.69 bits per heavy atom. The largest absolute Gasteiger partial charge is 0.481 e. The quantitative estimate of drug-likeness (QED) is 0.793. The summed E-state index contributed by atoms with van der Waals surface area (Å²) in [6.07, 6.45) is 0. The third kappa shape index (κ3) is 3.00. The summed E-state index contributed by atoms with van der Waals surface area (Å²) in [7, 11) is 0. The van der Waals surface area contributed by atoms with Crippen molar-refractivity contribution in [3.8, 4) is 0 Å². The van der Waals surface area contributed by atoms with Gasteiger partial charge in [-0.25, -0.2) is 0 Å². The summed E-state index contributed by atoms with van der Waals surface area (Å²) in [5, 5.41) is 8.72. The van der Waals surface area contributed by atoms with Crippen LogP contribution in [0.4, 0.5) is 0 Å². The second-order valence-corrected chi connectivity index (χ2v) is 5.12. The molecule has 2 rings (SSSR count). The Morgan fingerprint density at radius 1 is 1.38 bits per heavy atom. The molecule has 1 aromatic rings. The first-order valence-corrected chi connectivity index (χ1v) is 6.37. The number of carboxylic acid groups (broad SMARTS) is 1. The first-order chi connectivity index (χ1) is 7.75. The zero-order valence-electron chi connectivity index (χ0n) is 9.00. The van der Waals surface area contributed by atoms with Crippen LogP contribution in [-0.2, 0) is 4.79 Å². The standard InChI is InChI=1S/C12H15NO2S/c14-12(15)10-8-13(9-10)6-7-16-11-4-2-1-3-5-11/h1-5,10H,6-9H2,(H,14,15). The molecular formula is C12H15NO2S. The topological polar surface area (TPSA) is 40.5 Å². The zero-order chi connectivity index (χ0) is 11.4. The molecule has 0 spiro atoms. The molecule has 4 heteroatoms. The molecule has 0 radical (unpaired) electrons. The summed E-state index contributed by atoms with van der Waals surface area (Å²) in [5.74, 6) is 0.227. The highest BCUT2D eigenvalue weighted by atomic mass is 32.2. The van der Waals surface area contributed by atoms with Crippen LogP contribution in [0.25, 0.3) is 0 Å². The lowest BCUT2D eigenvalue weighted by molar-refractivity contribution is -0.147. The van der Waals surface area contributed by atoms with Gasteiger partial charge in [0.05, 0.1) is 5.92 Å². The van der Waals surface area contributed by atoms with Crippen LogP contribution in [0.15, 0.2) is 35.2 Å². The lowest BCUT2D eigenvalue weighted by Gasteiger charge is -2.36. The Labute approximate surface area is 99.5 Å². The van der Waals surface area contributed by atoms with Crippen molar-refractivity contribution >= 4 is 17.7 Å². The van der Waals surface area contributed by atoms with Gasteiger partial charge in [0.1, 0.15) is 0 Å². The van der Waals surface area contributed by atoms with Crippen LogP contribution < -0.4 is 0 Å². The van der Waals surface area contributed by atoms with Crippen LogP contribution >= 0.6 is 11.8 Å². The molecular weight excluding hydrogens is 222 g/mol. The molecule has 0 saturated carbocycles. The predicted molar refractivity (Wildman–Crippen MR) is 64.7 cm³/mol. The molecule has 16 heavy (non-hydrogen) atoms. The number of carbonyl (C=O) groups is 1. The molecule has 0 aromatic heterocycles. The van der Waals surface area contributed by atoms with Gasteiger partial charge in [-0.15, -0.1) is 11.8 Å². The van der Waals surface area contributed by atoms with Crippen molar-refractivity contribution in [3.63, 3.8) is 0 Å². The molecule has 1 N–H and O–H groups in total. The maximum absolute atomic E-state index is 10.6. The predicted octanol–water partition coefficient (Wildman–Crippen LogP) is 1.80. The van der Waals surface area contributed by atoms with Crippen molar-refractivity contribution in [1.82, 2.24) is 4.90 Å². The third-order valence-electron chi connectivity index (χ3n) is 2.73. The molecule has 1 saturated heterocycles. The van der Waals surface area contributed by atoms with E-state index >= 15 is 0 Å². The minimum absolute atomic E-state index is 0.137. The van der Waals surface area contributed by atoms with Crippen molar-refractivity contribution in [2.75, 3.05) is 25.4 Å². The van der Waals surface area contributed by atoms with Crippen molar-refractivity contribution in [2.45, 2.75) is 4.90 Å². The molecule has 1 heterocycles. The summed E-state index contributed by atoms with van der Waals surface area (Å²) < 4.78 is 0. The highest BCUT2D eigenvalue weighted by Gasteiger charge is 2.31. The highest BCUT2D eigenvalue weighted by molar-refractivity contribution is 7.99. The maximum Gasteiger partial charge on any atom is 0.309 e. The summed E-state index contributed by atoms with van der Waals surface area (Å²) in [4.78, 5) is 14.1. The fraction of sp³-hybridized carbons (Fsp3) is 0.417. The van der Waals surface area contributed by atoms with E-state index in [0.29, 0.717) is 13.1 Å². The number of benzene rings is 1. The van der Waals surface area contributed by atoms with Crippen LogP contribution in [-0.4, -0.2) is 41.4 Å². The number of carboxylic acids is 1. The number of thioether (sulfide) groups is 1. The molecule has 1 fully saturated rings. The average Bonchev–Trinajstić information content (AvgIpc) is 2.22. The summed E-state index contributed by atoms with van der Waals surface area (Å²) in [6.45, 7) is 2.40. The van der Waals surface area contributed by atoms with Crippen molar-refractivity contribution in [1.29, 1.82) is 0 Å². The molecule has 3 nitrogen and oxygen atoms in total. The molecule has 1 aliphatic rings. The van der Waals surface area contributed by atoms with Gasteiger partial charge in [0.2, 0.25) is 0 Å². The molecule has 86 valence electrons. The maximum atomic E-state index is 10.6. The van der Waals surface area contributed by atoms with E-state index in [1.165, 1.54) is 4.90 Å². The Morgan fingerprint density at radius 2 is 2.06 bits per heavy atom. The van der Waals surface area contributed by atoms with E-state index in [4.69, 9.17) is 5.11 Å². The van der Waals surface area contributed by atoms with Gasteiger partial charge in [-0.1, -0.05) is 18.2 Å². The number of hydrogen-bond acceptors (Lipinski definition) is 3. The summed E-state index contributed by atoms with van der Waals surface area (Å²) in [6, 6.07) is 10.3. The molecule has 0 atom stereocenters. The number of likely N-dealkylation sites (tertiary alicyclic amines) is 1. The average molecular weight is 237 g/mol. The van der Waals surface area contributed by atoms with Gasteiger partial charge >= 0.3 is 5.97 Å². The van der Waals surface area contributed by atoms with Gasteiger partial charge in [0, 0.05) is 30.3 Å². The van der Waals surface area contributed by atoms with Gasteiger partial charge in [-0.2, -0.15) is 0 Å². The minimum Gasteiger partial charge on any atom is -0.481 e. The van der Waals surface area contributed by atoms with E-state index in [1.54, 1.807) is 0 Å². The molecule has 1 aromatic carbocycles. The second kappa shape index (κ2) is 5.37. The smallest absolute Gasteiger partial charge is 0.309 e. The van der Waals surface area contributed by atoms with Gasteiger partial charge in [0.25, 0.3) is 0 Å². The van der Waals surface area contributed by atoms with E-state index in [9.17, 15) is 4.79 Å². The summed E-state index contributed by atoms with van der Waals surface area (Å²) >= 11 is 1.82. The second-order valence-electron chi connectivity index (χ2n) is 3.96.